The molecule has 1 aliphatic rings. The Bertz CT molecular complexity index is 1070. The number of aliphatic imine (C=N–C) groups is 1. The summed E-state index contributed by atoms with van der Waals surface area (Å²) in [6.07, 6.45) is 0. The van der Waals surface area contributed by atoms with Crippen LogP contribution >= 0.6 is 0 Å². The number of benzene rings is 3. The van der Waals surface area contributed by atoms with E-state index in [1.54, 1.807) is 11.8 Å². The summed E-state index contributed by atoms with van der Waals surface area (Å²) >= 11 is 0. The average molecular weight is 412 g/mol. The van der Waals surface area contributed by atoms with Crippen molar-refractivity contribution in [3.8, 4) is 0 Å². The quantitative estimate of drug-likeness (QED) is 0.445. The molecule has 5 heteroatoms. The van der Waals surface area contributed by atoms with Gasteiger partial charge in [0.2, 0.25) is 5.91 Å². The standard InChI is InChI=1S/C26H24N2O3/c1-2-31-26(30)22-23(20-14-8-4-9-15-20)27-24(21-16-10-5-11-17-21)28(25(22)29)18-19-12-6-3-7-13-19/h3-17,22-23H,2,18H2,1H3/t22-,23-/m0/s1. The molecule has 0 saturated carbocycles. The Kier molecular flexibility index (Phi) is 6.22. The van der Waals surface area contributed by atoms with Crippen LogP contribution in [0.25, 0.3) is 0 Å². The van der Waals surface area contributed by atoms with Gasteiger partial charge in [-0.15, -0.1) is 0 Å². The van der Waals surface area contributed by atoms with Gasteiger partial charge in [0.1, 0.15) is 5.84 Å². The maximum absolute atomic E-state index is 13.8. The van der Waals surface area contributed by atoms with Gasteiger partial charge in [0.25, 0.3) is 0 Å². The maximum atomic E-state index is 13.8. The van der Waals surface area contributed by atoms with Crippen molar-refractivity contribution in [3.63, 3.8) is 0 Å². The Hall–Kier alpha value is -3.73. The van der Waals surface area contributed by atoms with Crippen LogP contribution < -0.4 is 0 Å². The fourth-order valence-corrected chi connectivity index (χ4v) is 3.80. The molecule has 4 rings (SSSR count). The van der Waals surface area contributed by atoms with Gasteiger partial charge in [-0.1, -0.05) is 91.0 Å². The largest absolute Gasteiger partial charge is 0.465 e. The highest BCUT2D eigenvalue weighted by Crippen LogP contribution is 2.35. The van der Waals surface area contributed by atoms with Crippen LogP contribution in [0.3, 0.4) is 0 Å². The zero-order valence-corrected chi connectivity index (χ0v) is 17.3. The van der Waals surface area contributed by atoms with Crippen LogP contribution in [0.1, 0.15) is 29.7 Å². The van der Waals surface area contributed by atoms with E-state index in [4.69, 9.17) is 9.73 Å². The summed E-state index contributed by atoms with van der Waals surface area (Å²) in [5.74, 6) is -1.32. The summed E-state index contributed by atoms with van der Waals surface area (Å²) in [4.78, 5) is 33.2. The number of carbonyl (C=O) groups is 2. The van der Waals surface area contributed by atoms with Gasteiger partial charge in [0.15, 0.2) is 5.92 Å². The van der Waals surface area contributed by atoms with Crippen LogP contribution in [0.4, 0.5) is 0 Å². The van der Waals surface area contributed by atoms with Gasteiger partial charge in [0, 0.05) is 5.56 Å². The zero-order chi connectivity index (χ0) is 21.6. The van der Waals surface area contributed by atoms with Crippen LogP contribution in [0.2, 0.25) is 0 Å². The molecule has 0 aliphatic carbocycles. The molecule has 0 radical (unpaired) electrons. The van der Waals surface area contributed by atoms with Crippen molar-refractivity contribution in [3.05, 3.63) is 108 Å². The van der Waals surface area contributed by atoms with E-state index in [0.29, 0.717) is 12.4 Å². The number of carbonyl (C=O) groups excluding carboxylic acids is 2. The third kappa shape index (κ3) is 4.40. The van der Waals surface area contributed by atoms with Crippen molar-refractivity contribution in [2.75, 3.05) is 6.61 Å². The molecule has 0 spiro atoms. The predicted octanol–water partition coefficient (Wildman–Crippen LogP) is 4.40. The van der Waals surface area contributed by atoms with Gasteiger partial charge in [-0.2, -0.15) is 0 Å². The topological polar surface area (TPSA) is 59.0 Å². The molecule has 0 bridgehead atoms. The molecule has 0 unspecified atom stereocenters. The fourth-order valence-electron chi connectivity index (χ4n) is 3.80. The second-order valence-corrected chi connectivity index (χ2v) is 7.31. The average Bonchev–Trinajstić information content (AvgIpc) is 2.82. The van der Waals surface area contributed by atoms with E-state index >= 15 is 0 Å². The Balaban J connectivity index is 1.85. The smallest absolute Gasteiger partial charge is 0.321 e. The molecule has 3 aromatic rings. The van der Waals surface area contributed by atoms with Crippen LogP contribution in [0, 0.1) is 5.92 Å². The first-order valence-corrected chi connectivity index (χ1v) is 10.4. The predicted molar refractivity (Wildman–Crippen MR) is 119 cm³/mol. The molecular weight excluding hydrogens is 388 g/mol. The minimum absolute atomic E-state index is 0.206. The van der Waals surface area contributed by atoms with Crippen LogP contribution in [-0.2, 0) is 20.9 Å². The number of esters is 1. The van der Waals surface area contributed by atoms with E-state index < -0.39 is 17.9 Å². The number of rotatable bonds is 6. The molecule has 0 aromatic heterocycles. The first-order chi connectivity index (χ1) is 15.2. The van der Waals surface area contributed by atoms with Gasteiger partial charge in [0.05, 0.1) is 19.2 Å². The van der Waals surface area contributed by atoms with E-state index in [2.05, 4.69) is 0 Å². The molecule has 31 heavy (non-hydrogen) atoms. The van der Waals surface area contributed by atoms with Crippen LogP contribution in [0.5, 0.6) is 0 Å². The Morgan fingerprint density at radius 1 is 0.903 bits per heavy atom. The molecule has 0 saturated heterocycles. The second kappa shape index (κ2) is 9.39. The molecule has 3 aromatic carbocycles. The molecule has 0 fully saturated rings. The Morgan fingerprint density at radius 2 is 1.48 bits per heavy atom. The van der Waals surface area contributed by atoms with Crippen LogP contribution in [0.15, 0.2) is 96.0 Å². The maximum Gasteiger partial charge on any atom is 0.321 e. The number of hydrogen-bond donors (Lipinski definition) is 0. The lowest BCUT2D eigenvalue weighted by Crippen LogP contribution is -2.49. The number of nitrogens with zero attached hydrogens (tertiary/aromatic N) is 2. The van der Waals surface area contributed by atoms with Crippen molar-refractivity contribution in [2.45, 2.75) is 19.5 Å². The lowest BCUT2D eigenvalue weighted by atomic mass is 9.89. The highest BCUT2D eigenvalue weighted by molar-refractivity contribution is 6.14. The molecule has 156 valence electrons. The third-order valence-electron chi connectivity index (χ3n) is 5.26. The third-order valence-corrected chi connectivity index (χ3v) is 5.26. The second-order valence-electron chi connectivity index (χ2n) is 7.31. The number of amides is 1. The van der Waals surface area contributed by atoms with Crippen molar-refractivity contribution in [1.82, 2.24) is 4.90 Å². The first kappa shape index (κ1) is 20.5. The summed E-state index contributed by atoms with van der Waals surface area (Å²) in [5.41, 5.74) is 2.59. The SMILES string of the molecule is CCOC(=O)[C@@H]1C(=O)N(Cc2ccccc2)C(c2ccccc2)=N[C@H]1c1ccccc1. The van der Waals surface area contributed by atoms with Gasteiger partial charge in [-0.3, -0.25) is 19.5 Å². The highest BCUT2D eigenvalue weighted by Gasteiger charge is 2.45. The summed E-state index contributed by atoms with van der Waals surface area (Å²) in [7, 11) is 0. The lowest BCUT2D eigenvalue weighted by molar-refractivity contribution is -0.156. The molecule has 1 aliphatic heterocycles. The van der Waals surface area contributed by atoms with E-state index in [9.17, 15) is 9.59 Å². The fraction of sp³-hybridized carbons (Fsp3) is 0.192. The number of hydrogen-bond acceptors (Lipinski definition) is 4. The number of ether oxygens (including phenoxy) is 1. The highest BCUT2D eigenvalue weighted by atomic mass is 16.5. The molecule has 1 heterocycles. The monoisotopic (exact) mass is 412 g/mol. The van der Waals surface area contributed by atoms with E-state index in [1.165, 1.54) is 0 Å². The Labute approximate surface area is 182 Å². The minimum atomic E-state index is -1.03. The molecule has 2 atom stereocenters. The van der Waals surface area contributed by atoms with Crippen molar-refractivity contribution in [2.24, 2.45) is 10.9 Å². The molecule has 5 nitrogen and oxygen atoms in total. The minimum Gasteiger partial charge on any atom is -0.465 e. The zero-order valence-electron chi connectivity index (χ0n) is 17.3. The first-order valence-electron chi connectivity index (χ1n) is 10.4. The number of amidine groups is 1. The van der Waals surface area contributed by atoms with E-state index in [1.807, 2.05) is 91.0 Å². The Morgan fingerprint density at radius 3 is 2.10 bits per heavy atom. The summed E-state index contributed by atoms with van der Waals surface area (Å²) in [6.45, 7) is 2.27. The summed E-state index contributed by atoms with van der Waals surface area (Å²) in [6, 6.07) is 28.1. The van der Waals surface area contributed by atoms with Crippen molar-refractivity contribution < 1.29 is 14.3 Å². The van der Waals surface area contributed by atoms with Crippen molar-refractivity contribution >= 4 is 17.7 Å². The van der Waals surface area contributed by atoms with Crippen LogP contribution in [-0.4, -0.2) is 29.2 Å². The molecule has 1 amide bonds. The van der Waals surface area contributed by atoms with E-state index in [-0.39, 0.29) is 12.5 Å². The molecular formula is C26H24N2O3. The van der Waals surface area contributed by atoms with E-state index in [0.717, 1.165) is 16.7 Å². The van der Waals surface area contributed by atoms with Crippen molar-refractivity contribution in [1.29, 1.82) is 0 Å². The summed E-state index contributed by atoms with van der Waals surface area (Å²) < 4.78 is 5.29. The van der Waals surface area contributed by atoms with Gasteiger partial charge in [-0.25, -0.2) is 0 Å². The van der Waals surface area contributed by atoms with Gasteiger partial charge in [-0.05, 0) is 18.1 Å². The lowest BCUT2D eigenvalue weighted by Gasteiger charge is -2.35. The summed E-state index contributed by atoms with van der Waals surface area (Å²) in [5, 5.41) is 0. The normalized spacial score (nSPS) is 18.4. The van der Waals surface area contributed by atoms with Gasteiger partial charge >= 0.3 is 5.97 Å². The molecule has 0 N–H and O–H groups in total. The van der Waals surface area contributed by atoms with Gasteiger partial charge < -0.3 is 4.74 Å².